The summed E-state index contributed by atoms with van der Waals surface area (Å²) in [5, 5.41) is 1.04. The minimum Gasteiger partial charge on any atom is -0.490 e. The average Bonchev–Trinajstić information content (AvgIpc) is 2.06. The molecule has 1 saturated carbocycles. The third kappa shape index (κ3) is 2.29. The summed E-state index contributed by atoms with van der Waals surface area (Å²) >= 11 is 11.6. The highest BCUT2D eigenvalue weighted by Gasteiger charge is 2.28. The highest BCUT2D eigenvalue weighted by atomic mass is 35.5. The number of hydrogen-bond donors (Lipinski definition) is 0. The lowest BCUT2D eigenvalue weighted by Gasteiger charge is -2.31. The van der Waals surface area contributed by atoms with Crippen LogP contribution in [0.1, 0.15) is 12.8 Å². The molecule has 1 nitrogen and oxygen atoms in total. The van der Waals surface area contributed by atoms with E-state index < -0.39 is 0 Å². The van der Waals surface area contributed by atoms with Crippen molar-refractivity contribution in [2.24, 2.45) is 0 Å². The molecule has 0 N–H and O–H groups in total. The minimum absolute atomic E-state index is 0.295. The van der Waals surface area contributed by atoms with E-state index in [1.807, 2.05) is 24.3 Å². The third-order valence-electron chi connectivity index (χ3n) is 2.15. The van der Waals surface area contributed by atoms with Gasteiger partial charge in [0.1, 0.15) is 11.9 Å². The Labute approximate surface area is 87.6 Å². The van der Waals surface area contributed by atoms with E-state index >= 15 is 0 Å². The Morgan fingerprint density at radius 3 is 2.31 bits per heavy atom. The van der Waals surface area contributed by atoms with Crippen molar-refractivity contribution in [3.8, 4) is 5.75 Å². The molecule has 0 unspecified atom stereocenters. The van der Waals surface area contributed by atoms with E-state index in [0.29, 0.717) is 11.5 Å². The second-order valence-electron chi connectivity index (χ2n) is 3.26. The summed E-state index contributed by atoms with van der Waals surface area (Å²) in [5.41, 5.74) is 0. The molecule has 1 aromatic rings. The van der Waals surface area contributed by atoms with Crippen LogP contribution in [-0.4, -0.2) is 11.5 Å². The van der Waals surface area contributed by atoms with Crippen LogP contribution in [0.15, 0.2) is 24.3 Å². The molecular formula is C10H10Cl2O. The molecule has 1 aliphatic carbocycles. The van der Waals surface area contributed by atoms with Crippen molar-refractivity contribution < 1.29 is 4.74 Å². The van der Waals surface area contributed by atoms with Crippen molar-refractivity contribution in [1.29, 1.82) is 0 Å². The van der Waals surface area contributed by atoms with Gasteiger partial charge >= 0.3 is 0 Å². The number of halogens is 2. The maximum atomic E-state index is 5.83. The first-order chi connectivity index (χ1) is 6.24. The predicted molar refractivity (Wildman–Crippen MR) is 54.7 cm³/mol. The SMILES string of the molecule is Clc1ccc(OC2CC(Cl)C2)cc1. The van der Waals surface area contributed by atoms with Crippen LogP contribution < -0.4 is 4.74 Å². The molecule has 1 aliphatic rings. The second kappa shape index (κ2) is 3.77. The molecule has 0 amide bonds. The van der Waals surface area contributed by atoms with Crippen molar-refractivity contribution in [1.82, 2.24) is 0 Å². The largest absolute Gasteiger partial charge is 0.490 e. The predicted octanol–water partition coefficient (Wildman–Crippen LogP) is 3.49. The van der Waals surface area contributed by atoms with E-state index in [2.05, 4.69) is 0 Å². The van der Waals surface area contributed by atoms with Crippen molar-refractivity contribution in [3.05, 3.63) is 29.3 Å². The fourth-order valence-corrected chi connectivity index (χ4v) is 1.83. The Bertz CT molecular complexity index is 277. The highest BCUT2D eigenvalue weighted by molar-refractivity contribution is 6.30. The summed E-state index contributed by atoms with van der Waals surface area (Å²) in [4.78, 5) is 0. The van der Waals surface area contributed by atoms with Crippen LogP contribution in [-0.2, 0) is 0 Å². The number of alkyl halides is 1. The van der Waals surface area contributed by atoms with Gasteiger partial charge in [0, 0.05) is 23.2 Å². The first kappa shape index (κ1) is 9.17. The lowest BCUT2D eigenvalue weighted by atomic mass is 9.95. The van der Waals surface area contributed by atoms with Crippen LogP contribution in [0.5, 0.6) is 5.75 Å². The topological polar surface area (TPSA) is 9.23 Å². The number of ether oxygens (including phenoxy) is 1. The van der Waals surface area contributed by atoms with Crippen LogP contribution in [0.2, 0.25) is 5.02 Å². The van der Waals surface area contributed by atoms with Gasteiger partial charge in [-0.1, -0.05) is 11.6 Å². The van der Waals surface area contributed by atoms with E-state index in [1.54, 1.807) is 0 Å². The molecule has 0 spiro atoms. The summed E-state index contributed by atoms with van der Waals surface area (Å²) < 4.78 is 5.63. The lowest BCUT2D eigenvalue weighted by Crippen LogP contribution is -2.34. The van der Waals surface area contributed by atoms with Crippen LogP contribution in [0, 0.1) is 0 Å². The van der Waals surface area contributed by atoms with E-state index in [-0.39, 0.29) is 0 Å². The number of benzene rings is 1. The zero-order chi connectivity index (χ0) is 9.26. The van der Waals surface area contributed by atoms with Gasteiger partial charge in [-0.2, -0.15) is 0 Å². The van der Waals surface area contributed by atoms with E-state index in [1.165, 1.54) is 0 Å². The fraction of sp³-hybridized carbons (Fsp3) is 0.400. The lowest BCUT2D eigenvalue weighted by molar-refractivity contribution is 0.124. The molecule has 70 valence electrons. The van der Waals surface area contributed by atoms with E-state index in [9.17, 15) is 0 Å². The molecule has 0 aliphatic heterocycles. The van der Waals surface area contributed by atoms with Crippen molar-refractivity contribution in [2.75, 3.05) is 0 Å². The summed E-state index contributed by atoms with van der Waals surface area (Å²) in [6.45, 7) is 0. The zero-order valence-electron chi connectivity index (χ0n) is 7.04. The van der Waals surface area contributed by atoms with Crippen LogP contribution in [0.3, 0.4) is 0 Å². The van der Waals surface area contributed by atoms with Gasteiger partial charge in [0.25, 0.3) is 0 Å². The normalized spacial score (nSPS) is 26.6. The zero-order valence-corrected chi connectivity index (χ0v) is 8.55. The quantitative estimate of drug-likeness (QED) is 0.689. The molecule has 13 heavy (non-hydrogen) atoms. The molecule has 0 saturated heterocycles. The Morgan fingerprint density at radius 1 is 1.15 bits per heavy atom. The smallest absolute Gasteiger partial charge is 0.119 e. The molecule has 3 heteroatoms. The molecular weight excluding hydrogens is 207 g/mol. The summed E-state index contributed by atoms with van der Waals surface area (Å²) in [5.74, 6) is 0.873. The van der Waals surface area contributed by atoms with Crippen LogP contribution in [0.25, 0.3) is 0 Å². The van der Waals surface area contributed by atoms with Gasteiger partial charge in [-0.3, -0.25) is 0 Å². The Kier molecular flexibility index (Phi) is 2.66. The Hall–Kier alpha value is -0.400. The van der Waals surface area contributed by atoms with Crippen molar-refractivity contribution in [2.45, 2.75) is 24.3 Å². The standard InChI is InChI=1S/C10H10Cl2O/c11-7-1-3-9(4-2-7)13-10-5-8(12)6-10/h1-4,8,10H,5-6H2. The maximum Gasteiger partial charge on any atom is 0.119 e. The first-order valence-corrected chi connectivity index (χ1v) is 5.12. The molecule has 0 radical (unpaired) electrons. The van der Waals surface area contributed by atoms with Gasteiger partial charge in [0.15, 0.2) is 0 Å². The summed E-state index contributed by atoms with van der Waals surface area (Å²) in [6, 6.07) is 7.41. The monoisotopic (exact) mass is 216 g/mol. The van der Waals surface area contributed by atoms with Crippen LogP contribution in [0.4, 0.5) is 0 Å². The molecule has 1 aromatic carbocycles. The van der Waals surface area contributed by atoms with Crippen molar-refractivity contribution in [3.63, 3.8) is 0 Å². The molecule has 0 aromatic heterocycles. The summed E-state index contributed by atoms with van der Waals surface area (Å²) in [6.07, 6.45) is 2.19. The van der Waals surface area contributed by atoms with E-state index in [0.717, 1.165) is 23.6 Å². The second-order valence-corrected chi connectivity index (χ2v) is 4.32. The molecule has 0 bridgehead atoms. The summed E-state index contributed by atoms with van der Waals surface area (Å²) in [7, 11) is 0. The van der Waals surface area contributed by atoms with Gasteiger partial charge in [-0.25, -0.2) is 0 Å². The highest BCUT2D eigenvalue weighted by Crippen LogP contribution is 2.30. The average molecular weight is 217 g/mol. The minimum atomic E-state index is 0.295. The first-order valence-electron chi connectivity index (χ1n) is 4.30. The molecule has 1 fully saturated rings. The van der Waals surface area contributed by atoms with Gasteiger partial charge in [0.05, 0.1) is 0 Å². The van der Waals surface area contributed by atoms with Crippen molar-refractivity contribution >= 4 is 23.2 Å². The van der Waals surface area contributed by atoms with Gasteiger partial charge in [-0.15, -0.1) is 11.6 Å². The van der Waals surface area contributed by atoms with Gasteiger partial charge < -0.3 is 4.74 Å². The maximum absolute atomic E-state index is 5.83. The van der Waals surface area contributed by atoms with Crippen LogP contribution >= 0.6 is 23.2 Å². The molecule has 0 heterocycles. The Balaban J connectivity index is 1.91. The number of rotatable bonds is 2. The van der Waals surface area contributed by atoms with E-state index in [4.69, 9.17) is 27.9 Å². The fourth-order valence-electron chi connectivity index (χ4n) is 1.30. The molecule has 0 atom stereocenters. The van der Waals surface area contributed by atoms with Gasteiger partial charge in [-0.05, 0) is 24.3 Å². The Morgan fingerprint density at radius 2 is 1.77 bits per heavy atom. The number of hydrogen-bond acceptors (Lipinski definition) is 1. The molecule has 2 rings (SSSR count). The van der Waals surface area contributed by atoms with Gasteiger partial charge in [0.2, 0.25) is 0 Å². The third-order valence-corrected chi connectivity index (χ3v) is 2.76.